The molecule has 1 rings (SSSR count). The number of rotatable bonds is 3. The van der Waals surface area contributed by atoms with E-state index in [2.05, 4.69) is 10.6 Å². The second-order valence-electron chi connectivity index (χ2n) is 6.21. The summed E-state index contributed by atoms with van der Waals surface area (Å²) >= 11 is 0. The van der Waals surface area contributed by atoms with Gasteiger partial charge in [-0.3, -0.25) is 4.79 Å². The lowest BCUT2D eigenvalue weighted by atomic mass is 9.84. The molecule has 2 atom stereocenters. The summed E-state index contributed by atoms with van der Waals surface area (Å²) in [5.74, 6) is -1.77. The van der Waals surface area contributed by atoms with E-state index in [9.17, 15) is 18.0 Å². The minimum atomic E-state index is -4.23. The van der Waals surface area contributed by atoms with Crippen LogP contribution < -0.4 is 10.6 Å². The lowest BCUT2D eigenvalue weighted by Crippen LogP contribution is -2.51. The van der Waals surface area contributed by atoms with Gasteiger partial charge < -0.3 is 10.6 Å². The minimum absolute atomic E-state index is 0.0462. The van der Waals surface area contributed by atoms with Crippen molar-refractivity contribution in [1.29, 1.82) is 0 Å². The van der Waals surface area contributed by atoms with Crippen molar-refractivity contribution >= 4 is 5.91 Å². The van der Waals surface area contributed by atoms with Crippen molar-refractivity contribution in [3.8, 4) is 0 Å². The zero-order valence-corrected chi connectivity index (χ0v) is 11.7. The molecule has 0 spiro atoms. The number of halogens is 3. The maximum absolute atomic E-state index is 12.8. The first kappa shape index (κ1) is 16.3. The lowest BCUT2D eigenvalue weighted by molar-refractivity contribution is -0.189. The number of alkyl halides is 3. The Morgan fingerprint density at radius 1 is 1.16 bits per heavy atom. The predicted octanol–water partition coefficient (Wildman–Crippen LogP) is 2.61. The topological polar surface area (TPSA) is 41.1 Å². The molecular formula is C13H23F3N2O. The summed E-state index contributed by atoms with van der Waals surface area (Å²) in [7, 11) is 0. The Bertz CT molecular complexity index is 310. The van der Waals surface area contributed by atoms with Gasteiger partial charge in [0.05, 0.1) is 12.5 Å². The molecule has 0 heterocycles. The lowest BCUT2D eigenvalue weighted by Gasteiger charge is -2.33. The molecule has 0 aliphatic heterocycles. The largest absolute Gasteiger partial charge is 0.393 e. The monoisotopic (exact) mass is 280 g/mol. The summed E-state index contributed by atoms with van der Waals surface area (Å²) in [5.41, 5.74) is -0.229. The van der Waals surface area contributed by atoms with Crippen LogP contribution in [0, 0.1) is 5.92 Å². The molecule has 1 amide bonds. The van der Waals surface area contributed by atoms with E-state index in [0.717, 1.165) is 6.42 Å². The second kappa shape index (κ2) is 6.11. The number of carbonyl (C=O) groups excluding carboxylic acids is 1. The fraction of sp³-hybridized carbons (Fsp3) is 0.923. The highest BCUT2D eigenvalue weighted by Gasteiger charge is 2.45. The fourth-order valence-corrected chi connectivity index (χ4v) is 2.30. The Morgan fingerprint density at radius 3 is 2.26 bits per heavy atom. The molecule has 19 heavy (non-hydrogen) atoms. The van der Waals surface area contributed by atoms with Gasteiger partial charge in [0.25, 0.3) is 0 Å². The molecular weight excluding hydrogens is 257 g/mol. The SMILES string of the molecule is CC(C)(C)NCC(=O)NC1CCCCC1C(F)(F)F. The molecule has 0 saturated heterocycles. The number of amides is 1. The number of hydrogen-bond acceptors (Lipinski definition) is 2. The van der Waals surface area contributed by atoms with Crippen LogP contribution in [-0.2, 0) is 4.79 Å². The predicted molar refractivity (Wildman–Crippen MR) is 67.7 cm³/mol. The first-order valence-electron chi connectivity index (χ1n) is 6.71. The zero-order chi connectivity index (χ0) is 14.7. The summed E-state index contributed by atoms with van der Waals surface area (Å²) in [4.78, 5) is 11.7. The second-order valence-corrected chi connectivity index (χ2v) is 6.21. The quantitative estimate of drug-likeness (QED) is 0.834. The third-order valence-corrected chi connectivity index (χ3v) is 3.31. The molecule has 0 aromatic heterocycles. The fourth-order valence-electron chi connectivity index (χ4n) is 2.30. The highest BCUT2D eigenvalue weighted by Crippen LogP contribution is 2.37. The van der Waals surface area contributed by atoms with Crippen LogP contribution in [0.15, 0.2) is 0 Å². The molecule has 0 radical (unpaired) electrons. The van der Waals surface area contributed by atoms with Crippen molar-refractivity contribution in [2.24, 2.45) is 5.92 Å². The van der Waals surface area contributed by atoms with Crippen molar-refractivity contribution in [2.75, 3.05) is 6.54 Å². The van der Waals surface area contributed by atoms with Crippen LogP contribution in [0.2, 0.25) is 0 Å². The molecule has 0 aromatic carbocycles. The van der Waals surface area contributed by atoms with E-state index in [1.54, 1.807) is 0 Å². The molecule has 6 heteroatoms. The van der Waals surface area contributed by atoms with Crippen molar-refractivity contribution in [3.05, 3.63) is 0 Å². The van der Waals surface area contributed by atoms with E-state index in [-0.39, 0.29) is 24.4 Å². The van der Waals surface area contributed by atoms with Gasteiger partial charge in [-0.15, -0.1) is 0 Å². The molecule has 1 saturated carbocycles. The van der Waals surface area contributed by atoms with Crippen LogP contribution in [0.4, 0.5) is 13.2 Å². The van der Waals surface area contributed by atoms with Crippen LogP contribution in [0.25, 0.3) is 0 Å². The van der Waals surface area contributed by atoms with Gasteiger partial charge in [0.15, 0.2) is 0 Å². The van der Waals surface area contributed by atoms with Crippen LogP contribution in [0.1, 0.15) is 46.5 Å². The van der Waals surface area contributed by atoms with Gasteiger partial charge in [0.2, 0.25) is 5.91 Å². The van der Waals surface area contributed by atoms with Crippen LogP contribution >= 0.6 is 0 Å². The molecule has 3 nitrogen and oxygen atoms in total. The normalized spacial score (nSPS) is 25.2. The molecule has 2 N–H and O–H groups in total. The Morgan fingerprint density at radius 2 is 1.74 bits per heavy atom. The van der Waals surface area contributed by atoms with Crippen molar-refractivity contribution in [1.82, 2.24) is 10.6 Å². The molecule has 1 fully saturated rings. The summed E-state index contributed by atoms with van der Waals surface area (Å²) < 4.78 is 38.5. The number of hydrogen-bond donors (Lipinski definition) is 2. The van der Waals surface area contributed by atoms with Gasteiger partial charge in [-0.05, 0) is 33.6 Å². The Hall–Kier alpha value is -0.780. The summed E-state index contributed by atoms with van der Waals surface area (Å²) in [5, 5.41) is 5.50. The highest BCUT2D eigenvalue weighted by atomic mass is 19.4. The zero-order valence-electron chi connectivity index (χ0n) is 11.7. The van der Waals surface area contributed by atoms with Gasteiger partial charge in [0.1, 0.15) is 0 Å². The van der Waals surface area contributed by atoms with E-state index in [1.165, 1.54) is 0 Å². The van der Waals surface area contributed by atoms with E-state index in [0.29, 0.717) is 12.8 Å². The van der Waals surface area contributed by atoms with Crippen molar-refractivity contribution in [2.45, 2.75) is 64.2 Å². The molecule has 0 bridgehead atoms. The van der Waals surface area contributed by atoms with E-state index >= 15 is 0 Å². The summed E-state index contributed by atoms with van der Waals surface area (Å²) in [6.45, 7) is 5.75. The van der Waals surface area contributed by atoms with Crippen molar-refractivity contribution < 1.29 is 18.0 Å². The Labute approximate surface area is 112 Å². The molecule has 0 aromatic rings. The number of carbonyl (C=O) groups is 1. The average molecular weight is 280 g/mol. The molecule has 112 valence electrons. The first-order valence-corrected chi connectivity index (χ1v) is 6.71. The van der Waals surface area contributed by atoms with E-state index < -0.39 is 18.1 Å². The molecule has 1 aliphatic carbocycles. The standard InChI is InChI=1S/C13H23F3N2O/c1-12(2,3)17-8-11(19)18-10-7-5-4-6-9(10)13(14,15)16/h9-10,17H,4-8H2,1-3H3,(H,18,19). The van der Waals surface area contributed by atoms with Gasteiger partial charge >= 0.3 is 6.18 Å². The summed E-state index contributed by atoms with van der Waals surface area (Å²) in [6, 6.07) is -0.775. The maximum atomic E-state index is 12.8. The Kier molecular flexibility index (Phi) is 5.24. The number of nitrogens with one attached hydrogen (secondary N) is 2. The van der Waals surface area contributed by atoms with Crippen molar-refractivity contribution in [3.63, 3.8) is 0 Å². The highest BCUT2D eigenvalue weighted by molar-refractivity contribution is 5.78. The smallest absolute Gasteiger partial charge is 0.352 e. The third kappa shape index (κ3) is 5.80. The summed E-state index contributed by atoms with van der Waals surface area (Å²) in [6.07, 6.45) is -2.39. The van der Waals surface area contributed by atoms with Gasteiger partial charge in [0, 0.05) is 11.6 Å². The first-order chi connectivity index (χ1) is 8.59. The average Bonchev–Trinajstić information content (AvgIpc) is 2.25. The van der Waals surface area contributed by atoms with Gasteiger partial charge in [-0.25, -0.2) is 0 Å². The Balaban J connectivity index is 2.51. The maximum Gasteiger partial charge on any atom is 0.393 e. The van der Waals surface area contributed by atoms with E-state index in [1.807, 2.05) is 20.8 Å². The van der Waals surface area contributed by atoms with E-state index in [4.69, 9.17) is 0 Å². The van der Waals surface area contributed by atoms with Crippen LogP contribution in [-0.4, -0.2) is 30.2 Å². The minimum Gasteiger partial charge on any atom is -0.352 e. The van der Waals surface area contributed by atoms with Gasteiger partial charge in [-0.1, -0.05) is 12.8 Å². The van der Waals surface area contributed by atoms with Crippen LogP contribution in [0.3, 0.4) is 0 Å². The molecule has 1 aliphatic rings. The molecule has 2 unspecified atom stereocenters. The van der Waals surface area contributed by atoms with Crippen LogP contribution in [0.5, 0.6) is 0 Å². The third-order valence-electron chi connectivity index (χ3n) is 3.31. The van der Waals surface area contributed by atoms with Gasteiger partial charge in [-0.2, -0.15) is 13.2 Å².